The monoisotopic (exact) mass is 318 g/mol. The molecule has 0 radical (unpaired) electrons. The molecule has 1 rings (SSSR count). The van der Waals surface area contributed by atoms with Crippen molar-refractivity contribution < 1.29 is 23.4 Å². The molecule has 1 aromatic rings. The van der Waals surface area contributed by atoms with E-state index in [1.165, 1.54) is 31.2 Å². The van der Waals surface area contributed by atoms with E-state index in [0.717, 1.165) is 18.0 Å². The van der Waals surface area contributed by atoms with Crippen LogP contribution >= 0.6 is 11.8 Å². The van der Waals surface area contributed by atoms with E-state index in [9.17, 15) is 23.4 Å². The number of rotatable bonds is 6. The van der Waals surface area contributed by atoms with E-state index in [0.29, 0.717) is 11.3 Å². The molecule has 2 unspecified atom stereocenters. The van der Waals surface area contributed by atoms with E-state index in [2.05, 4.69) is 0 Å². The average Bonchev–Trinajstić information content (AvgIpc) is 2.36. The Kier molecular flexibility index (Phi) is 6.19. The highest BCUT2D eigenvalue weighted by Gasteiger charge is 2.19. The van der Waals surface area contributed by atoms with Crippen LogP contribution in [0.4, 0.5) is 0 Å². The SMILES string of the molecule is CC(=O)SCCC(O)C(O)c1ccc(S(C)(=O)=O)cc1. The van der Waals surface area contributed by atoms with Gasteiger partial charge in [-0.1, -0.05) is 23.9 Å². The van der Waals surface area contributed by atoms with Gasteiger partial charge in [0, 0.05) is 18.9 Å². The number of aliphatic hydroxyl groups is 2. The highest BCUT2D eigenvalue weighted by molar-refractivity contribution is 8.13. The Balaban J connectivity index is 2.67. The first-order valence-electron chi connectivity index (χ1n) is 6.01. The summed E-state index contributed by atoms with van der Waals surface area (Å²) in [5.74, 6) is 0.426. The van der Waals surface area contributed by atoms with Gasteiger partial charge in [-0.15, -0.1) is 0 Å². The zero-order valence-electron chi connectivity index (χ0n) is 11.3. The summed E-state index contributed by atoms with van der Waals surface area (Å²) in [6, 6.07) is 5.74. The summed E-state index contributed by atoms with van der Waals surface area (Å²) in [4.78, 5) is 10.9. The lowest BCUT2D eigenvalue weighted by Gasteiger charge is -2.18. The number of benzene rings is 1. The minimum Gasteiger partial charge on any atom is -0.390 e. The summed E-state index contributed by atoms with van der Waals surface area (Å²) >= 11 is 1.09. The molecule has 5 nitrogen and oxygen atoms in total. The van der Waals surface area contributed by atoms with Crippen molar-refractivity contribution in [3.8, 4) is 0 Å². The number of hydrogen-bond acceptors (Lipinski definition) is 6. The van der Waals surface area contributed by atoms with Gasteiger partial charge in [0.25, 0.3) is 0 Å². The maximum atomic E-state index is 11.3. The second-order valence-corrected chi connectivity index (χ2v) is 7.77. The van der Waals surface area contributed by atoms with Crippen molar-refractivity contribution in [2.45, 2.75) is 30.4 Å². The Labute approximate surface area is 122 Å². The smallest absolute Gasteiger partial charge is 0.185 e. The summed E-state index contributed by atoms with van der Waals surface area (Å²) in [7, 11) is -3.27. The minimum absolute atomic E-state index is 0.0378. The predicted molar refractivity (Wildman–Crippen MR) is 78.3 cm³/mol. The van der Waals surface area contributed by atoms with Gasteiger partial charge in [-0.05, 0) is 24.1 Å². The van der Waals surface area contributed by atoms with Crippen molar-refractivity contribution in [2.75, 3.05) is 12.0 Å². The highest BCUT2D eigenvalue weighted by atomic mass is 32.2. The molecule has 7 heteroatoms. The van der Waals surface area contributed by atoms with Crippen molar-refractivity contribution in [2.24, 2.45) is 0 Å². The van der Waals surface area contributed by atoms with Gasteiger partial charge in [0.2, 0.25) is 0 Å². The largest absolute Gasteiger partial charge is 0.390 e. The summed E-state index contributed by atoms with van der Waals surface area (Å²) in [5, 5.41) is 19.7. The van der Waals surface area contributed by atoms with Crippen molar-refractivity contribution in [1.82, 2.24) is 0 Å². The Morgan fingerprint density at radius 1 is 1.25 bits per heavy atom. The van der Waals surface area contributed by atoms with Crippen LogP contribution in [0.15, 0.2) is 29.2 Å². The molecule has 0 aliphatic heterocycles. The molecular formula is C13H18O5S2. The van der Waals surface area contributed by atoms with Crippen LogP contribution in [-0.2, 0) is 14.6 Å². The molecule has 0 aromatic heterocycles. The van der Waals surface area contributed by atoms with E-state index in [4.69, 9.17) is 0 Å². The molecule has 0 saturated carbocycles. The highest BCUT2D eigenvalue weighted by Crippen LogP contribution is 2.22. The number of aliphatic hydroxyl groups excluding tert-OH is 2. The van der Waals surface area contributed by atoms with E-state index in [-0.39, 0.29) is 16.4 Å². The number of sulfone groups is 1. The topological polar surface area (TPSA) is 91.7 Å². The van der Waals surface area contributed by atoms with Gasteiger partial charge in [0.05, 0.1) is 11.0 Å². The maximum Gasteiger partial charge on any atom is 0.185 e. The van der Waals surface area contributed by atoms with E-state index in [1.807, 2.05) is 0 Å². The second kappa shape index (κ2) is 7.21. The zero-order valence-corrected chi connectivity index (χ0v) is 12.9. The Bertz CT molecular complexity index is 551. The van der Waals surface area contributed by atoms with Crippen LogP contribution in [0.25, 0.3) is 0 Å². The van der Waals surface area contributed by atoms with Crippen LogP contribution in [0.2, 0.25) is 0 Å². The predicted octanol–water partition coefficient (Wildman–Crippen LogP) is 1.15. The van der Waals surface area contributed by atoms with Crippen LogP contribution in [0.3, 0.4) is 0 Å². The summed E-state index contributed by atoms with van der Waals surface area (Å²) in [5.41, 5.74) is 0.442. The molecular weight excluding hydrogens is 300 g/mol. The first kappa shape index (κ1) is 17.2. The molecule has 0 bridgehead atoms. The second-order valence-electron chi connectivity index (χ2n) is 4.48. The Morgan fingerprint density at radius 3 is 2.25 bits per heavy atom. The first-order valence-corrected chi connectivity index (χ1v) is 8.89. The number of thioether (sulfide) groups is 1. The average molecular weight is 318 g/mol. The fourth-order valence-electron chi connectivity index (χ4n) is 1.62. The lowest BCUT2D eigenvalue weighted by atomic mass is 10.0. The molecule has 0 amide bonds. The molecule has 0 heterocycles. The van der Waals surface area contributed by atoms with Gasteiger partial charge < -0.3 is 10.2 Å². The Hall–Kier alpha value is -0.890. The van der Waals surface area contributed by atoms with Crippen LogP contribution in [0, 0.1) is 0 Å². The molecule has 0 saturated heterocycles. The van der Waals surface area contributed by atoms with Gasteiger partial charge in [0.15, 0.2) is 15.0 Å². The molecule has 2 N–H and O–H groups in total. The standard InChI is InChI=1S/C13H18O5S2/c1-9(14)19-8-7-12(15)13(16)10-3-5-11(6-4-10)20(2,17)18/h3-6,12-13,15-16H,7-8H2,1-2H3. The number of carbonyl (C=O) groups is 1. The summed E-state index contributed by atoms with van der Waals surface area (Å²) in [6.07, 6.45) is -0.715. The van der Waals surface area contributed by atoms with E-state index < -0.39 is 22.0 Å². The quantitative estimate of drug-likeness (QED) is 0.817. The Morgan fingerprint density at radius 2 is 1.80 bits per heavy atom. The number of hydrogen-bond donors (Lipinski definition) is 2. The van der Waals surface area contributed by atoms with E-state index in [1.54, 1.807) is 0 Å². The molecule has 1 aromatic carbocycles. The summed E-state index contributed by atoms with van der Waals surface area (Å²) < 4.78 is 22.6. The molecule has 0 aliphatic carbocycles. The fraction of sp³-hybridized carbons (Fsp3) is 0.462. The third kappa shape index (κ3) is 5.24. The van der Waals surface area contributed by atoms with Crippen LogP contribution in [0.1, 0.15) is 25.0 Å². The third-order valence-electron chi connectivity index (χ3n) is 2.73. The molecule has 112 valence electrons. The van der Waals surface area contributed by atoms with Crippen molar-refractivity contribution in [3.05, 3.63) is 29.8 Å². The lowest BCUT2D eigenvalue weighted by Crippen LogP contribution is -2.19. The van der Waals surface area contributed by atoms with Crippen molar-refractivity contribution in [1.29, 1.82) is 0 Å². The van der Waals surface area contributed by atoms with Crippen molar-refractivity contribution >= 4 is 26.7 Å². The van der Waals surface area contributed by atoms with Crippen LogP contribution < -0.4 is 0 Å². The summed E-state index contributed by atoms with van der Waals surface area (Å²) in [6.45, 7) is 1.44. The van der Waals surface area contributed by atoms with Gasteiger partial charge in [0.1, 0.15) is 6.10 Å². The normalized spacial score (nSPS) is 14.8. The lowest BCUT2D eigenvalue weighted by molar-refractivity contribution is -0.109. The molecule has 2 atom stereocenters. The first-order chi connectivity index (χ1) is 9.21. The van der Waals surface area contributed by atoms with Crippen LogP contribution in [-0.4, -0.2) is 41.9 Å². The van der Waals surface area contributed by atoms with Gasteiger partial charge in [-0.25, -0.2) is 8.42 Å². The fourth-order valence-corrected chi connectivity index (χ4v) is 2.89. The van der Waals surface area contributed by atoms with Gasteiger partial charge in [-0.2, -0.15) is 0 Å². The van der Waals surface area contributed by atoms with Crippen molar-refractivity contribution in [3.63, 3.8) is 0 Å². The minimum atomic E-state index is -3.27. The van der Waals surface area contributed by atoms with E-state index >= 15 is 0 Å². The van der Waals surface area contributed by atoms with Gasteiger partial charge in [-0.3, -0.25) is 4.79 Å². The zero-order chi connectivity index (χ0) is 15.3. The molecule has 20 heavy (non-hydrogen) atoms. The van der Waals surface area contributed by atoms with Crippen LogP contribution in [0.5, 0.6) is 0 Å². The van der Waals surface area contributed by atoms with Gasteiger partial charge >= 0.3 is 0 Å². The molecule has 0 spiro atoms. The maximum absolute atomic E-state index is 11.3. The third-order valence-corrected chi connectivity index (χ3v) is 4.71. The number of carbonyl (C=O) groups excluding carboxylic acids is 1. The molecule has 0 aliphatic rings. The molecule has 0 fully saturated rings.